The third kappa shape index (κ3) is 4.47. The summed E-state index contributed by atoms with van der Waals surface area (Å²) in [5.41, 5.74) is 3.48. The number of aryl methyl sites for hydroxylation is 2. The van der Waals surface area contributed by atoms with E-state index in [2.05, 4.69) is 51.8 Å². The van der Waals surface area contributed by atoms with E-state index in [4.69, 9.17) is 9.47 Å². The molecule has 1 aromatic heterocycles. The number of likely N-dealkylation sites (tertiary alicyclic amines) is 1. The molecule has 7 heteroatoms. The third-order valence-electron chi connectivity index (χ3n) is 7.03. The van der Waals surface area contributed by atoms with Gasteiger partial charge >= 0.3 is 0 Å². The van der Waals surface area contributed by atoms with Crippen molar-refractivity contribution in [2.45, 2.75) is 70.4 Å². The number of benzene rings is 1. The molecule has 2 fully saturated rings. The fourth-order valence-electron chi connectivity index (χ4n) is 5.50. The third-order valence-corrected chi connectivity index (χ3v) is 7.03. The summed E-state index contributed by atoms with van der Waals surface area (Å²) in [6.07, 6.45) is 7.20. The van der Waals surface area contributed by atoms with E-state index in [9.17, 15) is 4.79 Å². The number of carbonyl (C=O) groups excluding carboxylic acids is 1. The highest BCUT2D eigenvalue weighted by molar-refractivity contribution is 5.81. The van der Waals surface area contributed by atoms with Crippen molar-refractivity contribution >= 4 is 5.91 Å². The van der Waals surface area contributed by atoms with Crippen molar-refractivity contribution in [1.29, 1.82) is 0 Å². The molecular formula is C25H34N4O3. The van der Waals surface area contributed by atoms with Crippen LogP contribution in [0.2, 0.25) is 0 Å². The molecule has 2 aromatic rings. The summed E-state index contributed by atoms with van der Waals surface area (Å²) in [6.45, 7) is 8.96. The molecule has 172 valence electrons. The molecule has 1 amide bonds. The first-order valence-corrected chi connectivity index (χ1v) is 11.9. The van der Waals surface area contributed by atoms with Crippen LogP contribution in [0.5, 0.6) is 0 Å². The summed E-state index contributed by atoms with van der Waals surface area (Å²) in [5.74, 6) is 0.920. The van der Waals surface area contributed by atoms with Gasteiger partial charge in [-0.3, -0.25) is 9.69 Å². The predicted molar refractivity (Wildman–Crippen MR) is 121 cm³/mol. The van der Waals surface area contributed by atoms with Crippen LogP contribution in [0.15, 0.2) is 30.6 Å². The van der Waals surface area contributed by atoms with Crippen molar-refractivity contribution in [3.05, 3.63) is 53.1 Å². The summed E-state index contributed by atoms with van der Waals surface area (Å²) in [6, 6.07) is 6.76. The number of amides is 1. The van der Waals surface area contributed by atoms with E-state index in [1.807, 2.05) is 12.4 Å². The van der Waals surface area contributed by atoms with Gasteiger partial charge < -0.3 is 19.4 Å². The van der Waals surface area contributed by atoms with Gasteiger partial charge in [-0.15, -0.1) is 0 Å². The summed E-state index contributed by atoms with van der Waals surface area (Å²) in [4.78, 5) is 20.1. The highest BCUT2D eigenvalue weighted by Gasteiger charge is 2.47. The Balaban J connectivity index is 1.25. The molecule has 1 aromatic carbocycles. The Kier molecular flexibility index (Phi) is 6.05. The maximum atomic E-state index is 12.9. The van der Waals surface area contributed by atoms with Gasteiger partial charge in [-0.05, 0) is 45.1 Å². The van der Waals surface area contributed by atoms with Crippen LogP contribution in [0.4, 0.5) is 0 Å². The first-order valence-electron chi connectivity index (χ1n) is 11.9. The number of carbonyl (C=O) groups is 1. The van der Waals surface area contributed by atoms with Gasteiger partial charge in [-0.2, -0.15) is 0 Å². The van der Waals surface area contributed by atoms with Gasteiger partial charge in [0.05, 0.1) is 12.6 Å². The molecule has 5 rings (SSSR count). The molecule has 0 unspecified atom stereocenters. The highest BCUT2D eigenvalue weighted by Crippen LogP contribution is 2.40. The van der Waals surface area contributed by atoms with Crippen LogP contribution in [0.3, 0.4) is 0 Å². The number of imidazole rings is 1. The van der Waals surface area contributed by atoms with Gasteiger partial charge in [0, 0.05) is 45.2 Å². The number of hydrogen-bond acceptors (Lipinski definition) is 5. The lowest BCUT2D eigenvalue weighted by molar-refractivity contribution is -0.174. The molecule has 2 atom stereocenters. The van der Waals surface area contributed by atoms with Gasteiger partial charge in [-0.1, -0.05) is 29.3 Å². The van der Waals surface area contributed by atoms with Crippen molar-refractivity contribution in [3.8, 4) is 0 Å². The number of rotatable bonds is 5. The minimum absolute atomic E-state index is 0.0445. The van der Waals surface area contributed by atoms with Crippen molar-refractivity contribution < 1.29 is 14.3 Å². The van der Waals surface area contributed by atoms with E-state index >= 15 is 0 Å². The quantitative estimate of drug-likeness (QED) is 0.777. The van der Waals surface area contributed by atoms with E-state index in [-0.39, 0.29) is 12.0 Å². The average Bonchev–Trinajstić information content (AvgIpc) is 3.45. The van der Waals surface area contributed by atoms with Crippen molar-refractivity contribution in [1.82, 2.24) is 19.8 Å². The molecule has 3 aliphatic rings. The zero-order valence-corrected chi connectivity index (χ0v) is 19.2. The number of hydrogen-bond donors (Lipinski definition) is 1. The molecule has 3 aliphatic heterocycles. The Bertz CT molecular complexity index is 938. The zero-order valence-electron chi connectivity index (χ0n) is 19.2. The van der Waals surface area contributed by atoms with E-state index in [0.717, 1.165) is 57.7 Å². The molecule has 7 nitrogen and oxygen atoms in total. The Morgan fingerprint density at radius 3 is 2.72 bits per heavy atom. The number of aromatic nitrogens is 2. The molecule has 4 heterocycles. The lowest BCUT2D eigenvalue weighted by atomic mass is 9.88. The number of ether oxygens (including phenoxy) is 2. The first kappa shape index (κ1) is 21.6. The van der Waals surface area contributed by atoms with Gasteiger partial charge in [-0.25, -0.2) is 4.98 Å². The largest absolute Gasteiger partial charge is 0.376 e. The summed E-state index contributed by atoms with van der Waals surface area (Å²) < 4.78 is 14.3. The normalized spacial score (nSPS) is 25.1. The SMILES string of the molecule is Cc1cc(C)cc(CN2CCC3(CC2)O[C@@H](C(=O)NC[C@H]2CCCO2)Cn2ccnc23)c1. The highest BCUT2D eigenvalue weighted by atomic mass is 16.5. The Labute approximate surface area is 190 Å². The van der Waals surface area contributed by atoms with Crippen molar-refractivity contribution in [2.24, 2.45) is 0 Å². The second kappa shape index (κ2) is 8.96. The zero-order chi connectivity index (χ0) is 22.1. The first-order chi connectivity index (χ1) is 15.5. The number of nitrogens with zero attached hydrogens (tertiary/aromatic N) is 3. The molecule has 0 bridgehead atoms. The smallest absolute Gasteiger partial charge is 0.251 e. The van der Waals surface area contributed by atoms with Gasteiger partial charge in [0.1, 0.15) is 11.4 Å². The maximum absolute atomic E-state index is 12.9. The molecule has 2 saturated heterocycles. The van der Waals surface area contributed by atoms with Gasteiger partial charge in [0.15, 0.2) is 6.10 Å². The molecule has 0 aliphatic carbocycles. The lowest BCUT2D eigenvalue weighted by Gasteiger charge is -2.45. The summed E-state index contributed by atoms with van der Waals surface area (Å²) in [7, 11) is 0. The van der Waals surface area contributed by atoms with Crippen LogP contribution in [-0.4, -0.2) is 58.8 Å². The van der Waals surface area contributed by atoms with Crippen LogP contribution in [0.1, 0.15) is 48.2 Å². The van der Waals surface area contributed by atoms with E-state index in [1.54, 1.807) is 0 Å². The molecule has 0 saturated carbocycles. The molecule has 0 radical (unpaired) electrons. The average molecular weight is 439 g/mol. The van der Waals surface area contributed by atoms with Crippen LogP contribution < -0.4 is 5.32 Å². The molecule has 1 spiro atoms. The molecule has 1 N–H and O–H groups in total. The van der Waals surface area contributed by atoms with Crippen LogP contribution in [-0.2, 0) is 33.0 Å². The molecular weight excluding hydrogens is 404 g/mol. The second-order valence-electron chi connectivity index (χ2n) is 9.66. The summed E-state index contributed by atoms with van der Waals surface area (Å²) in [5, 5.41) is 3.06. The standard InChI is InChI=1S/C25H34N4O3/c1-18-12-19(2)14-20(13-18)16-28-8-5-25(6-9-28)24-26-7-10-29(24)17-22(32-25)23(30)27-15-21-4-3-11-31-21/h7,10,12-14,21-22H,3-6,8-9,11,15-17H2,1-2H3,(H,27,30)/t21-,22-/m1/s1. The summed E-state index contributed by atoms with van der Waals surface area (Å²) >= 11 is 0. The van der Waals surface area contributed by atoms with Crippen LogP contribution in [0.25, 0.3) is 0 Å². The predicted octanol–water partition coefficient (Wildman–Crippen LogP) is 2.69. The Hall–Kier alpha value is -2.22. The van der Waals surface area contributed by atoms with Gasteiger partial charge in [0.2, 0.25) is 0 Å². The van der Waals surface area contributed by atoms with Gasteiger partial charge in [0.25, 0.3) is 5.91 Å². The number of piperidine rings is 1. The fraction of sp³-hybridized carbons (Fsp3) is 0.600. The molecule has 32 heavy (non-hydrogen) atoms. The maximum Gasteiger partial charge on any atom is 0.251 e. The van der Waals surface area contributed by atoms with Crippen molar-refractivity contribution in [3.63, 3.8) is 0 Å². The number of fused-ring (bicyclic) bond motifs is 2. The Morgan fingerprint density at radius 1 is 1.22 bits per heavy atom. The van der Waals surface area contributed by atoms with Crippen LogP contribution >= 0.6 is 0 Å². The van der Waals surface area contributed by atoms with Crippen LogP contribution in [0, 0.1) is 13.8 Å². The monoisotopic (exact) mass is 438 g/mol. The van der Waals surface area contributed by atoms with E-state index < -0.39 is 11.7 Å². The topological polar surface area (TPSA) is 68.6 Å². The van der Waals surface area contributed by atoms with Crippen molar-refractivity contribution in [2.75, 3.05) is 26.2 Å². The minimum atomic E-state index is -0.496. The van der Waals surface area contributed by atoms with E-state index in [0.29, 0.717) is 13.1 Å². The minimum Gasteiger partial charge on any atom is -0.376 e. The fourth-order valence-corrected chi connectivity index (χ4v) is 5.50. The Morgan fingerprint density at radius 2 is 2.00 bits per heavy atom. The second-order valence-corrected chi connectivity index (χ2v) is 9.66. The lowest BCUT2D eigenvalue weighted by Crippen LogP contribution is -2.54. The van der Waals surface area contributed by atoms with E-state index in [1.165, 1.54) is 16.7 Å². The number of nitrogens with one attached hydrogen (secondary N) is 1.